The van der Waals surface area contributed by atoms with E-state index in [1.54, 1.807) is 54.5 Å². The van der Waals surface area contributed by atoms with E-state index >= 15 is 4.39 Å². The number of primary amides is 1. The normalized spacial score (nSPS) is 15.3. The van der Waals surface area contributed by atoms with Crippen molar-refractivity contribution in [2.24, 2.45) is 11.1 Å². The van der Waals surface area contributed by atoms with Gasteiger partial charge in [0, 0.05) is 62.6 Å². The fraction of sp³-hybridized carbons (Fsp3) is 0.462. The molecule has 1 aromatic heterocycles. The van der Waals surface area contributed by atoms with E-state index in [2.05, 4.69) is 21.3 Å². The van der Waals surface area contributed by atoms with Crippen molar-refractivity contribution in [1.29, 1.82) is 0 Å². The third kappa shape index (κ3) is 9.79. The molecule has 2 aliphatic rings. The monoisotopic (exact) mass is 792 g/mol. The number of benzene rings is 2. The van der Waals surface area contributed by atoms with Crippen molar-refractivity contribution in [3.8, 4) is 0 Å². The van der Waals surface area contributed by atoms with Crippen LogP contribution < -0.4 is 37.3 Å². The molecule has 57 heavy (non-hydrogen) atoms. The molecule has 2 heterocycles. The zero-order chi connectivity index (χ0) is 41.4. The van der Waals surface area contributed by atoms with Crippen LogP contribution in [0.2, 0.25) is 0 Å². The molecule has 2 fully saturated rings. The Morgan fingerprint density at radius 2 is 1.65 bits per heavy atom. The van der Waals surface area contributed by atoms with E-state index in [0.29, 0.717) is 49.0 Å². The molecule has 0 radical (unpaired) electrons. The Morgan fingerprint density at radius 3 is 2.23 bits per heavy atom. The van der Waals surface area contributed by atoms with Crippen LogP contribution in [0, 0.1) is 11.2 Å². The highest BCUT2D eigenvalue weighted by molar-refractivity contribution is 6.08. The van der Waals surface area contributed by atoms with Gasteiger partial charge in [0.2, 0.25) is 23.2 Å². The number of carbonyl (C=O) groups excluding carboxylic acids is 5. The van der Waals surface area contributed by atoms with Crippen molar-refractivity contribution < 1.29 is 43.0 Å². The van der Waals surface area contributed by atoms with E-state index in [1.807, 2.05) is 0 Å². The molecule has 1 aliphatic carbocycles. The number of aromatic nitrogens is 1. The number of anilines is 2. The highest BCUT2D eigenvalue weighted by Gasteiger charge is 2.51. The average Bonchev–Trinajstić information content (AvgIpc) is 3.14. The van der Waals surface area contributed by atoms with Crippen LogP contribution in [0.5, 0.6) is 0 Å². The number of hydrogen-bond donors (Lipinski definition) is 6. The molecule has 1 saturated carbocycles. The van der Waals surface area contributed by atoms with Crippen molar-refractivity contribution >= 4 is 58.1 Å². The van der Waals surface area contributed by atoms with Crippen LogP contribution in [0.1, 0.15) is 68.8 Å². The van der Waals surface area contributed by atoms with Gasteiger partial charge >= 0.3 is 18.1 Å². The van der Waals surface area contributed by atoms with Gasteiger partial charge in [-0.1, -0.05) is 18.6 Å². The lowest BCUT2D eigenvalue weighted by Gasteiger charge is -2.39. The summed E-state index contributed by atoms with van der Waals surface area (Å²) in [7, 11) is 0. The Labute approximate surface area is 328 Å². The SMILES string of the molecule is CCn1cc(C(=O)O)c(=O)c2cc(F)c(N3CCN(C(=O)OCc4ccc(NC(=O)[C@H](CCCNC(N)=O)NC(=O)C5(C(=O)NC(C)C)CCC5)cc4)CC3)cc21. The van der Waals surface area contributed by atoms with E-state index < -0.39 is 58.2 Å². The molecule has 18 heteroatoms. The van der Waals surface area contributed by atoms with Crippen molar-refractivity contribution in [3.05, 3.63) is 69.8 Å². The van der Waals surface area contributed by atoms with Crippen LogP contribution in [-0.2, 0) is 32.3 Å². The number of piperazine rings is 1. The third-order valence-corrected chi connectivity index (χ3v) is 10.3. The summed E-state index contributed by atoms with van der Waals surface area (Å²) in [5.74, 6) is -3.49. The van der Waals surface area contributed by atoms with Gasteiger partial charge in [-0.05, 0) is 76.3 Å². The van der Waals surface area contributed by atoms with Crippen LogP contribution in [-0.4, -0.2) is 95.2 Å². The van der Waals surface area contributed by atoms with E-state index in [-0.39, 0.29) is 68.8 Å². The van der Waals surface area contributed by atoms with E-state index in [9.17, 15) is 38.7 Å². The summed E-state index contributed by atoms with van der Waals surface area (Å²) in [5, 5.41) is 20.2. The minimum Gasteiger partial charge on any atom is -0.477 e. The van der Waals surface area contributed by atoms with Crippen LogP contribution >= 0.6 is 0 Å². The Bertz CT molecular complexity index is 2080. The summed E-state index contributed by atoms with van der Waals surface area (Å²) in [6, 6.07) is 7.28. The van der Waals surface area contributed by atoms with Crippen LogP contribution in [0.4, 0.5) is 25.4 Å². The molecule has 2 aromatic carbocycles. The molecule has 306 valence electrons. The lowest BCUT2D eigenvalue weighted by Crippen LogP contribution is -2.59. The number of nitrogens with one attached hydrogen (secondary N) is 4. The van der Waals surface area contributed by atoms with Gasteiger partial charge in [0.1, 0.15) is 29.4 Å². The van der Waals surface area contributed by atoms with Gasteiger partial charge in [0.15, 0.2) is 0 Å². The molecule has 1 atom stereocenters. The zero-order valence-electron chi connectivity index (χ0n) is 32.2. The molecule has 1 aliphatic heterocycles. The number of fused-ring (bicyclic) bond motifs is 1. The van der Waals surface area contributed by atoms with Gasteiger partial charge < -0.3 is 51.2 Å². The highest BCUT2D eigenvalue weighted by atomic mass is 19.1. The fourth-order valence-electron chi connectivity index (χ4n) is 6.91. The summed E-state index contributed by atoms with van der Waals surface area (Å²) in [4.78, 5) is 91.4. The maximum atomic E-state index is 15.3. The number of pyridine rings is 1. The van der Waals surface area contributed by atoms with E-state index in [4.69, 9.17) is 10.5 Å². The lowest BCUT2D eigenvalue weighted by molar-refractivity contribution is -0.151. The number of nitrogens with zero attached hydrogens (tertiary/aromatic N) is 3. The Kier molecular flexibility index (Phi) is 13.4. The number of aromatic carboxylic acids is 1. The second-order valence-electron chi connectivity index (χ2n) is 14.5. The van der Waals surface area contributed by atoms with E-state index in [1.165, 1.54) is 17.2 Å². The Balaban J connectivity index is 1.15. The van der Waals surface area contributed by atoms with Gasteiger partial charge in [-0.3, -0.25) is 19.2 Å². The number of carboxylic acids is 1. The quantitative estimate of drug-likeness (QED) is 0.0973. The van der Waals surface area contributed by atoms with Gasteiger partial charge in [-0.15, -0.1) is 0 Å². The first-order valence-corrected chi connectivity index (χ1v) is 18.9. The number of carbonyl (C=O) groups is 6. The molecule has 7 N–H and O–H groups in total. The number of hydrogen-bond acceptors (Lipinski definition) is 9. The second-order valence-corrected chi connectivity index (χ2v) is 14.5. The smallest absolute Gasteiger partial charge is 0.410 e. The molecule has 17 nitrogen and oxygen atoms in total. The molecular formula is C39H49FN8O9. The summed E-state index contributed by atoms with van der Waals surface area (Å²) >= 11 is 0. The highest BCUT2D eigenvalue weighted by Crippen LogP contribution is 2.41. The average molecular weight is 793 g/mol. The summed E-state index contributed by atoms with van der Waals surface area (Å²) < 4.78 is 22.4. The summed E-state index contributed by atoms with van der Waals surface area (Å²) in [6.07, 6.45) is 2.61. The predicted molar refractivity (Wildman–Crippen MR) is 208 cm³/mol. The molecule has 1 saturated heterocycles. The minimum atomic E-state index is -1.39. The van der Waals surface area contributed by atoms with E-state index in [0.717, 1.165) is 6.07 Å². The van der Waals surface area contributed by atoms with Crippen LogP contribution in [0.15, 0.2) is 47.4 Å². The Morgan fingerprint density at radius 1 is 0.982 bits per heavy atom. The number of urea groups is 1. The van der Waals surface area contributed by atoms with Crippen molar-refractivity contribution in [1.82, 2.24) is 25.4 Å². The number of nitrogens with two attached hydrogens (primary N) is 1. The first kappa shape index (κ1) is 42.0. The number of carboxylic acid groups (broad SMARTS) is 1. The zero-order valence-corrected chi connectivity index (χ0v) is 32.2. The van der Waals surface area contributed by atoms with Crippen LogP contribution in [0.3, 0.4) is 0 Å². The third-order valence-electron chi connectivity index (χ3n) is 10.3. The first-order valence-electron chi connectivity index (χ1n) is 18.9. The minimum absolute atomic E-state index is 0.0268. The fourth-order valence-corrected chi connectivity index (χ4v) is 6.91. The molecule has 3 aromatic rings. The summed E-state index contributed by atoms with van der Waals surface area (Å²) in [6.45, 7) is 6.91. The number of aryl methyl sites for hydroxylation is 1. The largest absolute Gasteiger partial charge is 0.477 e. The maximum Gasteiger partial charge on any atom is 0.410 e. The Hall–Kier alpha value is -6.20. The van der Waals surface area contributed by atoms with Crippen LogP contribution in [0.25, 0.3) is 10.9 Å². The van der Waals surface area contributed by atoms with Crippen molar-refractivity contribution in [3.63, 3.8) is 0 Å². The molecule has 0 unspecified atom stereocenters. The van der Waals surface area contributed by atoms with Crippen molar-refractivity contribution in [2.75, 3.05) is 42.9 Å². The maximum absolute atomic E-state index is 15.3. The molecule has 6 amide bonds. The standard InChI is InChI=1S/C39H49FN8O9/c1-4-46-21-27(34(51)52)32(49)26-19-28(40)31(20-30(26)46)47-15-17-48(18-16-47)38(56)57-22-24-8-10-25(11-9-24)44-33(50)29(7-5-14-42-37(41)55)45-36(54)39(12-6-13-39)35(53)43-23(2)3/h8-11,19-21,23,29H,4-7,12-18,22H2,1-3H3,(H,43,53)(H,44,50)(H,45,54)(H,51,52)(H3,41,42,55)/t29-/m0/s1. The van der Waals surface area contributed by atoms with Gasteiger partial charge in [0.25, 0.3) is 0 Å². The lowest BCUT2D eigenvalue weighted by atomic mass is 9.67. The first-order chi connectivity index (χ1) is 27.1. The van der Waals surface area contributed by atoms with Gasteiger partial charge in [-0.2, -0.15) is 0 Å². The second kappa shape index (κ2) is 18.2. The number of rotatable bonds is 15. The predicted octanol–water partition coefficient (Wildman–Crippen LogP) is 2.88. The van der Waals surface area contributed by atoms with Gasteiger partial charge in [-0.25, -0.2) is 18.8 Å². The molecule has 0 bridgehead atoms. The number of halogens is 1. The van der Waals surface area contributed by atoms with Crippen molar-refractivity contribution in [2.45, 2.75) is 78.1 Å². The summed E-state index contributed by atoms with van der Waals surface area (Å²) in [5.41, 5.74) is 4.39. The molecule has 5 rings (SSSR count). The van der Waals surface area contributed by atoms with Gasteiger partial charge in [0.05, 0.1) is 11.2 Å². The number of amides is 6. The topological polar surface area (TPSA) is 234 Å². The molecule has 0 spiro atoms. The molecular weight excluding hydrogens is 743 g/mol. The number of ether oxygens (including phenoxy) is 1.